The van der Waals surface area contributed by atoms with E-state index < -0.39 is 18.0 Å². The Morgan fingerprint density at radius 1 is 1.20 bits per heavy atom. The first-order valence-electron chi connectivity index (χ1n) is 7.39. The highest BCUT2D eigenvalue weighted by atomic mass is 35.5. The van der Waals surface area contributed by atoms with E-state index in [-0.39, 0.29) is 18.6 Å². The summed E-state index contributed by atoms with van der Waals surface area (Å²) >= 11 is 13.1. The Labute approximate surface area is 158 Å². The van der Waals surface area contributed by atoms with Gasteiger partial charge in [-0.2, -0.15) is 0 Å². The Morgan fingerprint density at radius 2 is 1.96 bits per heavy atom. The maximum atomic E-state index is 12.1. The van der Waals surface area contributed by atoms with E-state index in [1.54, 1.807) is 29.6 Å². The van der Waals surface area contributed by atoms with Gasteiger partial charge >= 0.3 is 5.97 Å². The lowest BCUT2D eigenvalue weighted by molar-refractivity contribution is -0.153. The average molecular weight is 400 g/mol. The summed E-state index contributed by atoms with van der Waals surface area (Å²) in [5.41, 5.74) is 0.329. The minimum atomic E-state index is -1.03. The molecule has 132 valence electrons. The molecule has 0 aliphatic rings. The third-order valence-electron chi connectivity index (χ3n) is 3.22. The molecule has 0 fully saturated rings. The topological polar surface area (TPSA) is 72.5 Å². The van der Waals surface area contributed by atoms with Crippen molar-refractivity contribution >= 4 is 57.9 Å². The lowest BCUT2D eigenvalue weighted by atomic mass is 10.2. The number of carbonyl (C=O) groups excluding carboxylic acids is 3. The van der Waals surface area contributed by atoms with Crippen LogP contribution in [0.5, 0.6) is 0 Å². The summed E-state index contributed by atoms with van der Waals surface area (Å²) in [6.07, 6.45) is -1.08. The van der Waals surface area contributed by atoms with Crippen molar-refractivity contribution in [2.45, 2.75) is 25.9 Å². The highest BCUT2D eigenvalue weighted by molar-refractivity contribution is 7.12. The van der Waals surface area contributed by atoms with Crippen molar-refractivity contribution in [3.05, 3.63) is 50.6 Å². The van der Waals surface area contributed by atoms with Crippen LogP contribution in [-0.2, 0) is 14.3 Å². The normalized spacial score (nSPS) is 11.6. The van der Waals surface area contributed by atoms with Crippen molar-refractivity contribution in [1.82, 2.24) is 0 Å². The van der Waals surface area contributed by atoms with Gasteiger partial charge < -0.3 is 10.1 Å². The van der Waals surface area contributed by atoms with E-state index in [4.69, 9.17) is 27.9 Å². The van der Waals surface area contributed by atoms with Crippen LogP contribution in [0.15, 0.2) is 35.7 Å². The number of carbonyl (C=O) groups is 3. The van der Waals surface area contributed by atoms with Crippen LogP contribution in [0.4, 0.5) is 5.69 Å². The number of hydrogen-bond acceptors (Lipinski definition) is 5. The number of benzene rings is 1. The van der Waals surface area contributed by atoms with Gasteiger partial charge in [0.15, 0.2) is 11.9 Å². The molecule has 0 bridgehead atoms. The average Bonchev–Trinajstić information content (AvgIpc) is 3.10. The van der Waals surface area contributed by atoms with Crippen molar-refractivity contribution in [2.24, 2.45) is 0 Å². The SMILES string of the molecule is C[C@H](OC(=O)CCC(=O)c1cccs1)C(=O)Nc1cc(Cl)ccc1Cl. The van der Waals surface area contributed by atoms with Crippen LogP contribution in [0.3, 0.4) is 0 Å². The van der Waals surface area contributed by atoms with E-state index in [1.165, 1.54) is 24.3 Å². The van der Waals surface area contributed by atoms with Gasteiger partial charge in [0, 0.05) is 11.4 Å². The Bertz CT molecular complexity index is 777. The van der Waals surface area contributed by atoms with E-state index in [0.29, 0.717) is 20.6 Å². The number of hydrogen-bond donors (Lipinski definition) is 1. The number of halogens is 2. The number of amides is 1. The van der Waals surface area contributed by atoms with Crippen LogP contribution in [0.1, 0.15) is 29.4 Å². The second kappa shape index (κ2) is 8.99. The lowest BCUT2D eigenvalue weighted by Crippen LogP contribution is -2.30. The van der Waals surface area contributed by atoms with Crippen molar-refractivity contribution in [3.8, 4) is 0 Å². The Morgan fingerprint density at radius 3 is 2.64 bits per heavy atom. The van der Waals surface area contributed by atoms with Gasteiger partial charge in [-0.05, 0) is 36.6 Å². The van der Waals surface area contributed by atoms with Crippen molar-refractivity contribution in [2.75, 3.05) is 5.32 Å². The highest BCUT2D eigenvalue weighted by Crippen LogP contribution is 2.25. The van der Waals surface area contributed by atoms with Crippen LogP contribution in [-0.4, -0.2) is 23.8 Å². The van der Waals surface area contributed by atoms with Gasteiger partial charge in [-0.15, -0.1) is 11.3 Å². The van der Waals surface area contributed by atoms with Crippen LogP contribution in [0.2, 0.25) is 10.0 Å². The molecular weight excluding hydrogens is 385 g/mol. The van der Waals surface area contributed by atoms with E-state index in [2.05, 4.69) is 5.32 Å². The van der Waals surface area contributed by atoms with E-state index in [1.807, 2.05) is 0 Å². The molecule has 2 aromatic rings. The first kappa shape index (κ1) is 19.4. The number of thiophene rings is 1. The summed E-state index contributed by atoms with van der Waals surface area (Å²) in [4.78, 5) is 36.3. The van der Waals surface area contributed by atoms with Gasteiger partial charge in [-0.1, -0.05) is 29.3 Å². The summed E-state index contributed by atoms with van der Waals surface area (Å²) in [7, 11) is 0. The molecule has 1 atom stereocenters. The minimum absolute atomic E-state index is 0.0355. The largest absolute Gasteiger partial charge is 0.453 e. The number of Topliss-reactive ketones (excluding diaryl/α,β-unsaturated/α-hetero) is 1. The monoisotopic (exact) mass is 399 g/mol. The minimum Gasteiger partial charge on any atom is -0.453 e. The number of ether oxygens (including phenoxy) is 1. The molecule has 1 amide bonds. The van der Waals surface area contributed by atoms with Gasteiger partial charge in [0.05, 0.1) is 22.0 Å². The van der Waals surface area contributed by atoms with Gasteiger partial charge in [-0.25, -0.2) is 0 Å². The third kappa shape index (κ3) is 5.85. The smallest absolute Gasteiger partial charge is 0.307 e. The van der Waals surface area contributed by atoms with Gasteiger partial charge in [0.25, 0.3) is 5.91 Å². The molecule has 25 heavy (non-hydrogen) atoms. The first-order valence-corrected chi connectivity index (χ1v) is 9.02. The molecular formula is C17H15Cl2NO4S. The summed E-state index contributed by atoms with van der Waals surface area (Å²) in [6, 6.07) is 8.10. The molecule has 0 saturated heterocycles. The van der Waals surface area contributed by atoms with E-state index >= 15 is 0 Å². The lowest BCUT2D eigenvalue weighted by Gasteiger charge is -2.14. The molecule has 8 heteroatoms. The van der Waals surface area contributed by atoms with E-state index in [0.717, 1.165) is 0 Å². The van der Waals surface area contributed by atoms with Crippen LogP contribution >= 0.6 is 34.5 Å². The zero-order chi connectivity index (χ0) is 18.4. The van der Waals surface area contributed by atoms with Crippen molar-refractivity contribution < 1.29 is 19.1 Å². The van der Waals surface area contributed by atoms with Gasteiger partial charge in [-0.3, -0.25) is 14.4 Å². The maximum absolute atomic E-state index is 12.1. The van der Waals surface area contributed by atoms with E-state index in [9.17, 15) is 14.4 Å². The predicted octanol–water partition coefficient (Wildman–Crippen LogP) is 4.59. The zero-order valence-electron chi connectivity index (χ0n) is 13.3. The molecule has 2 rings (SSSR count). The third-order valence-corrected chi connectivity index (χ3v) is 4.69. The maximum Gasteiger partial charge on any atom is 0.307 e. The second-order valence-electron chi connectivity index (χ2n) is 5.15. The van der Waals surface area contributed by atoms with Gasteiger partial charge in [0.2, 0.25) is 0 Å². The zero-order valence-corrected chi connectivity index (χ0v) is 15.6. The molecule has 1 aromatic heterocycles. The number of anilines is 1. The van der Waals surface area contributed by atoms with Crippen LogP contribution in [0, 0.1) is 0 Å². The molecule has 0 saturated carbocycles. The summed E-state index contributed by atoms with van der Waals surface area (Å²) < 4.78 is 5.05. The number of esters is 1. The van der Waals surface area contributed by atoms with Crippen LogP contribution < -0.4 is 5.32 Å². The molecule has 1 aromatic carbocycles. The molecule has 0 aliphatic heterocycles. The second-order valence-corrected chi connectivity index (χ2v) is 6.94. The summed E-state index contributed by atoms with van der Waals surface area (Å²) in [6.45, 7) is 1.44. The quantitative estimate of drug-likeness (QED) is 0.545. The summed E-state index contributed by atoms with van der Waals surface area (Å²) in [5.74, 6) is -1.29. The first-order chi connectivity index (χ1) is 11.9. The van der Waals surface area contributed by atoms with Gasteiger partial charge in [0.1, 0.15) is 0 Å². The molecule has 1 heterocycles. The van der Waals surface area contributed by atoms with Crippen molar-refractivity contribution in [3.63, 3.8) is 0 Å². The fraction of sp³-hybridized carbons (Fsp3) is 0.235. The fourth-order valence-corrected chi connectivity index (χ4v) is 2.94. The fourth-order valence-electron chi connectivity index (χ4n) is 1.91. The van der Waals surface area contributed by atoms with Crippen LogP contribution in [0.25, 0.3) is 0 Å². The standard InChI is InChI=1S/C17H15Cl2NO4S/c1-10(17(23)20-13-9-11(18)4-5-12(13)19)24-16(22)7-6-14(21)15-3-2-8-25-15/h2-5,8-10H,6-7H2,1H3,(H,20,23)/t10-/m0/s1. The molecule has 0 aliphatic carbocycles. The molecule has 1 N–H and O–H groups in total. The Hall–Kier alpha value is -1.89. The Kier molecular flexibility index (Phi) is 6.99. The highest BCUT2D eigenvalue weighted by Gasteiger charge is 2.20. The molecule has 0 unspecified atom stereocenters. The molecule has 0 spiro atoms. The molecule has 0 radical (unpaired) electrons. The predicted molar refractivity (Wildman–Crippen MR) is 98.5 cm³/mol. The van der Waals surface area contributed by atoms with Crippen molar-refractivity contribution in [1.29, 1.82) is 0 Å². The number of rotatable bonds is 7. The number of nitrogens with one attached hydrogen (secondary N) is 1. The summed E-state index contributed by atoms with van der Waals surface area (Å²) in [5, 5.41) is 5.07. The Balaban J connectivity index is 1.82. The number of ketones is 1. The molecule has 5 nitrogen and oxygen atoms in total.